The average molecular weight is 764 g/mol. The fourth-order valence-corrected chi connectivity index (χ4v) is 5.84. The Balaban J connectivity index is 4.31. The second-order valence-corrected chi connectivity index (χ2v) is 14.6. The SMILES string of the molecule is CC/C=C\C/C=C\C/C=C\C/C=C\C/C=C\CCCC(=O)OC[C@H](COP(=O)(O)OCCN)OC(=O)CCCCCCC/C=C\CCCCCCCC. The molecular weight excluding hydrogens is 689 g/mol. The van der Waals surface area contributed by atoms with E-state index < -0.39 is 32.5 Å². The van der Waals surface area contributed by atoms with Crippen LogP contribution in [0.4, 0.5) is 0 Å². The maximum absolute atomic E-state index is 12.5. The smallest absolute Gasteiger partial charge is 0.462 e. The lowest BCUT2D eigenvalue weighted by Crippen LogP contribution is -2.29. The topological polar surface area (TPSA) is 134 Å². The number of allylic oxidation sites excluding steroid dienone is 12. The van der Waals surface area contributed by atoms with Crippen molar-refractivity contribution in [3.63, 3.8) is 0 Å². The van der Waals surface area contributed by atoms with Gasteiger partial charge in [0.25, 0.3) is 0 Å². The third-order valence-corrected chi connectivity index (χ3v) is 9.06. The lowest BCUT2D eigenvalue weighted by atomic mass is 10.1. The molecule has 0 aliphatic carbocycles. The van der Waals surface area contributed by atoms with Crippen molar-refractivity contribution in [2.24, 2.45) is 5.73 Å². The largest absolute Gasteiger partial charge is 0.472 e. The van der Waals surface area contributed by atoms with Crippen LogP contribution in [-0.4, -0.2) is 49.3 Å². The number of hydrogen-bond donors (Lipinski definition) is 2. The van der Waals surface area contributed by atoms with Crippen LogP contribution >= 0.6 is 7.82 Å². The first-order valence-corrected chi connectivity index (χ1v) is 21.9. The molecule has 53 heavy (non-hydrogen) atoms. The summed E-state index contributed by atoms with van der Waals surface area (Å²) < 4.78 is 32.6. The lowest BCUT2D eigenvalue weighted by molar-refractivity contribution is -0.161. The molecule has 0 saturated heterocycles. The van der Waals surface area contributed by atoms with Crippen LogP contribution in [0.25, 0.3) is 0 Å². The number of unbranched alkanes of at least 4 members (excludes halogenated alkanes) is 12. The van der Waals surface area contributed by atoms with Gasteiger partial charge in [-0.1, -0.05) is 138 Å². The quantitative estimate of drug-likeness (QED) is 0.0274. The molecular formula is C43H74NO8P. The molecule has 0 aliphatic heterocycles. The van der Waals surface area contributed by atoms with Crippen molar-refractivity contribution >= 4 is 19.8 Å². The summed E-state index contributed by atoms with van der Waals surface area (Å²) in [5.41, 5.74) is 5.33. The number of phosphoric ester groups is 1. The van der Waals surface area contributed by atoms with Gasteiger partial charge in [0.2, 0.25) is 0 Å². The van der Waals surface area contributed by atoms with E-state index in [4.69, 9.17) is 24.3 Å². The fourth-order valence-electron chi connectivity index (χ4n) is 5.07. The van der Waals surface area contributed by atoms with Gasteiger partial charge in [0.1, 0.15) is 6.61 Å². The number of hydrogen-bond acceptors (Lipinski definition) is 8. The van der Waals surface area contributed by atoms with Crippen LogP contribution in [0, 0.1) is 0 Å². The molecule has 0 aromatic carbocycles. The molecule has 0 spiro atoms. The molecule has 304 valence electrons. The van der Waals surface area contributed by atoms with Gasteiger partial charge in [0, 0.05) is 19.4 Å². The van der Waals surface area contributed by atoms with Gasteiger partial charge in [-0.2, -0.15) is 0 Å². The molecule has 0 fully saturated rings. The van der Waals surface area contributed by atoms with Crippen LogP contribution in [-0.2, 0) is 32.7 Å². The van der Waals surface area contributed by atoms with Crippen molar-refractivity contribution in [2.45, 2.75) is 161 Å². The van der Waals surface area contributed by atoms with E-state index in [0.29, 0.717) is 12.8 Å². The molecule has 0 aliphatic rings. The normalized spacial score (nSPS) is 14.1. The predicted octanol–water partition coefficient (Wildman–Crippen LogP) is 11.5. The van der Waals surface area contributed by atoms with Crippen molar-refractivity contribution < 1.29 is 37.6 Å². The Labute approximate surface area is 322 Å². The minimum atomic E-state index is -4.39. The zero-order valence-corrected chi connectivity index (χ0v) is 34.1. The molecule has 0 amide bonds. The predicted molar refractivity (Wildman–Crippen MR) is 219 cm³/mol. The third-order valence-electron chi connectivity index (χ3n) is 8.08. The zero-order valence-electron chi connectivity index (χ0n) is 33.2. The molecule has 10 heteroatoms. The molecule has 0 heterocycles. The van der Waals surface area contributed by atoms with Gasteiger partial charge in [0.15, 0.2) is 6.10 Å². The van der Waals surface area contributed by atoms with Gasteiger partial charge < -0.3 is 20.1 Å². The van der Waals surface area contributed by atoms with Crippen LogP contribution < -0.4 is 5.73 Å². The number of esters is 2. The zero-order chi connectivity index (χ0) is 38.9. The van der Waals surface area contributed by atoms with Crippen molar-refractivity contribution in [1.82, 2.24) is 0 Å². The van der Waals surface area contributed by atoms with E-state index in [9.17, 15) is 19.0 Å². The van der Waals surface area contributed by atoms with Gasteiger partial charge in [-0.25, -0.2) is 4.57 Å². The molecule has 1 unspecified atom stereocenters. The first-order valence-electron chi connectivity index (χ1n) is 20.4. The molecule has 0 saturated carbocycles. The second-order valence-electron chi connectivity index (χ2n) is 13.1. The van der Waals surface area contributed by atoms with E-state index in [2.05, 4.69) is 80.7 Å². The molecule has 0 radical (unpaired) electrons. The van der Waals surface area contributed by atoms with E-state index in [1.165, 1.54) is 44.9 Å². The van der Waals surface area contributed by atoms with E-state index in [1.54, 1.807) is 0 Å². The Morgan fingerprint density at radius 1 is 0.585 bits per heavy atom. The van der Waals surface area contributed by atoms with Crippen LogP contribution in [0.15, 0.2) is 72.9 Å². The molecule has 0 aromatic rings. The van der Waals surface area contributed by atoms with E-state index in [1.807, 2.05) is 6.08 Å². The Morgan fingerprint density at radius 3 is 1.62 bits per heavy atom. The van der Waals surface area contributed by atoms with Crippen LogP contribution in [0.2, 0.25) is 0 Å². The summed E-state index contributed by atoms with van der Waals surface area (Å²) in [5.74, 6) is -0.913. The summed E-state index contributed by atoms with van der Waals surface area (Å²) in [6.45, 7) is 3.52. The summed E-state index contributed by atoms with van der Waals surface area (Å²) in [4.78, 5) is 34.8. The molecule has 0 rings (SSSR count). The van der Waals surface area contributed by atoms with E-state index in [0.717, 1.165) is 70.6 Å². The highest BCUT2D eigenvalue weighted by atomic mass is 31.2. The van der Waals surface area contributed by atoms with Crippen molar-refractivity contribution in [2.75, 3.05) is 26.4 Å². The Morgan fingerprint density at radius 2 is 1.06 bits per heavy atom. The standard InChI is InChI=1S/C43H74NO8P/c1-3-5-7-9-11-13-15-17-19-20-22-23-25-27-29-31-33-35-42(45)49-39-41(40-51-53(47,48)50-38-37-44)52-43(46)36-34-32-30-28-26-24-21-18-16-14-12-10-8-6-4-2/h5,7,11,13,17-19,21-23,27,29,41H,3-4,6,8-10,12,14-16,20,24-26,28,30-40,44H2,1-2H3,(H,47,48)/b7-5-,13-11-,19-17-,21-18-,23-22-,29-27-/t41-/m1/s1. The number of rotatable bonds is 37. The summed E-state index contributed by atoms with van der Waals surface area (Å²) in [6, 6.07) is 0. The third kappa shape index (κ3) is 39.0. The maximum Gasteiger partial charge on any atom is 0.472 e. The Kier molecular flexibility index (Phi) is 37.3. The van der Waals surface area contributed by atoms with Crippen LogP contribution in [0.1, 0.15) is 155 Å². The highest BCUT2D eigenvalue weighted by Crippen LogP contribution is 2.43. The fraction of sp³-hybridized carbons (Fsp3) is 0.674. The van der Waals surface area contributed by atoms with Gasteiger partial charge in [-0.05, 0) is 77.0 Å². The number of carbonyl (C=O) groups is 2. The first kappa shape index (κ1) is 50.5. The monoisotopic (exact) mass is 764 g/mol. The van der Waals surface area contributed by atoms with Gasteiger partial charge in [-0.3, -0.25) is 18.6 Å². The molecule has 9 nitrogen and oxygen atoms in total. The summed E-state index contributed by atoms with van der Waals surface area (Å²) >= 11 is 0. The van der Waals surface area contributed by atoms with Gasteiger partial charge in [0.05, 0.1) is 13.2 Å². The Bertz CT molecular complexity index is 1100. The Hall–Kier alpha value is -2.55. The highest BCUT2D eigenvalue weighted by molar-refractivity contribution is 7.47. The molecule has 0 aromatic heterocycles. The number of ether oxygens (including phenoxy) is 2. The summed E-state index contributed by atoms with van der Waals surface area (Å²) in [7, 11) is -4.39. The lowest BCUT2D eigenvalue weighted by Gasteiger charge is -2.19. The maximum atomic E-state index is 12.5. The van der Waals surface area contributed by atoms with Crippen LogP contribution in [0.3, 0.4) is 0 Å². The van der Waals surface area contributed by atoms with Crippen LogP contribution in [0.5, 0.6) is 0 Å². The van der Waals surface area contributed by atoms with Crippen molar-refractivity contribution in [3.8, 4) is 0 Å². The summed E-state index contributed by atoms with van der Waals surface area (Å²) in [5, 5.41) is 0. The van der Waals surface area contributed by atoms with Gasteiger partial charge in [-0.15, -0.1) is 0 Å². The second kappa shape index (κ2) is 39.2. The van der Waals surface area contributed by atoms with Gasteiger partial charge >= 0.3 is 19.8 Å². The summed E-state index contributed by atoms with van der Waals surface area (Å²) in [6.07, 6.45) is 46.5. The highest BCUT2D eigenvalue weighted by Gasteiger charge is 2.25. The number of nitrogens with two attached hydrogens (primary N) is 1. The average Bonchev–Trinajstić information content (AvgIpc) is 3.14. The van der Waals surface area contributed by atoms with E-state index >= 15 is 0 Å². The number of carbonyl (C=O) groups excluding carboxylic acids is 2. The number of phosphoric acid groups is 1. The molecule has 0 bridgehead atoms. The minimum Gasteiger partial charge on any atom is -0.462 e. The molecule has 2 atom stereocenters. The van der Waals surface area contributed by atoms with E-state index in [-0.39, 0.29) is 32.6 Å². The first-order chi connectivity index (χ1) is 25.8. The minimum absolute atomic E-state index is 0.0412. The van der Waals surface area contributed by atoms with Crippen molar-refractivity contribution in [3.05, 3.63) is 72.9 Å². The molecule has 3 N–H and O–H groups in total. The van der Waals surface area contributed by atoms with Crippen molar-refractivity contribution in [1.29, 1.82) is 0 Å².